The van der Waals surface area contributed by atoms with Crippen molar-refractivity contribution < 1.29 is 37.0 Å². The van der Waals surface area contributed by atoms with Crippen molar-refractivity contribution in [1.82, 2.24) is 0 Å². The molecule has 204 valence electrons. The molecule has 0 bridgehead atoms. The summed E-state index contributed by atoms with van der Waals surface area (Å²) in [5.41, 5.74) is -2.90. The lowest BCUT2D eigenvalue weighted by Gasteiger charge is -2.33. The van der Waals surface area contributed by atoms with Gasteiger partial charge in [-0.05, 0) is 38.3 Å². The number of hydrogen-bond donors (Lipinski definition) is 0. The minimum absolute atomic E-state index is 0.299. The van der Waals surface area contributed by atoms with Gasteiger partial charge in [0.2, 0.25) is 0 Å². The molecule has 0 aliphatic rings. The van der Waals surface area contributed by atoms with Gasteiger partial charge < -0.3 is 14.2 Å². The van der Waals surface area contributed by atoms with Gasteiger partial charge in [-0.3, -0.25) is 0 Å². The van der Waals surface area contributed by atoms with Crippen LogP contribution < -0.4 is 0 Å². The van der Waals surface area contributed by atoms with Crippen LogP contribution >= 0.6 is 0 Å². The Morgan fingerprint density at radius 2 is 1.30 bits per heavy atom. The summed E-state index contributed by atoms with van der Waals surface area (Å²) in [4.78, 5) is 24.5. The monoisotopic (exact) mass is 522 g/mol. The molecule has 0 fully saturated rings. The molecule has 0 saturated carbocycles. The molecule has 0 spiro atoms. The van der Waals surface area contributed by atoms with Crippen molar-refractivity contribution in [2.24, 2.45) is 0 Å². The molecule has 0 aliphatic carbocycles. The van der Waals surface area contributed by atoms with E-state index in [1.807, 2.05) is 6.07 Å². The number of unbranched alkanes of at least 4 members (excludes halogenated alkanes) is 7. The number of esters is 2. The number of carbonyl (C=O) groups is 2. The van der Waals surface area contributed by atoms with Gasteiger partial charge in [0.05, 0.1) is 18.3 Å². The van der Waals surface area contributed by atoms with Crippen LogP contribution in [0.4, 0.5) is 13.2 Å². The van der Waals surface area contributed by atoms with Crippen LogP contribution in [-0.2, 0) is 24.6 Å². The molecular formula is C29H37F3O5. The molecule has 1 unspecified atom stereocenters. The third-order valence-electron chi connectivity index (χ3n) is 6.23. The summed E-state index contributed by atoms with van der Waals surface area (Å²) in [6, 6.07) is 15.7. The van der Waals surface area contributed by atoms with Crippen molar-refractivity contribution in [2.45, 2.75) is 82.6 Å². The Balaban J connectivity index is 1.59. The largest absolute Gasteiger partial charge is 0.462 e. The van der Waals surface area contributed by atoms with Gasteiger partial charge in [0.25, 0.3) is 5.60 Å². The zero-order chi connectivity index (χ0) is 27.2. The number of methoxy groups -OCH3 is 1. The molecule has 8 heteroatoms. The topological polar surface area (TPSA) is 61.8 Å². The van der Waals surface area contributed by atoms with Crippen LogP contribution in [0.15, 0.2) is 60.7 Å². The molecule has 0 saturated heterocycles. The molecule has 0 radical (unpaired) electrons. The maximum atomic E-state index is 13.9. The molecular weight excluding hydrogens is 485 g/mol. The second kappa shape index (κ2) is 15.4. The van der Waals surface area contributed by atoms with Crippen LogP contribution in [-0.4, -0.2) is 37.9 Å². The Morgan fingerprint density at radius 3 is 1.84 bits per heavy atom. The first-order chi connectivity index (χ1) is 17.7. The summed E-state index contributed by atoms with van der Waals surface area (Å²) in [7, 11) is 0.865. The van der Waals surface area contributed by atoms with Crippen LogP contribution in [0.2, 0.25) is 0 Å². The van der Waals surface area contributed by atoms with Gasteiger partial charge >= 0.3 is 18.1 Å². The predicted molar refractivity (Wildman–Crippen MR) is 135 cm³/mol. The number of hydrogen-bond acceptors (Lipinski definition) is 5. The lowest BCUT2D eigenvalue weighted by molar-refractivity contribution is -0.278. The fraction of sp³-hybridized carbons (Fsp3) is 0.517. The first-order valence-electron chi connectivity index (χ1n) is 12.8. The van der Waals surface area contributed by atoms with Gasteiger partial charge in [-0.1, -0.05) is 87.1 Å². The van der Waals surface area contributed by atoms with E-state index in [2.05, 4.69) is 0 Å². The van der Waals surface area contributed by atoms with Crippen LogP contribution in [0.25, 0.3) is 0 Å². The minimum Gasteiger partial charge on any atom is -0.462 e. The third-order valence-corrected chi connectivity index (χ3v) is 6.23. The highest BCUT2D eigenvalue weighted by Gasteiger charge is 2.64. The summed E-state index contributed by atoms with van der Waals surface area (Å²) >= 11 is 0. The molecule has 0 aliphatic heterocycles. The molecule has 0 heterocycles. The lowest BCUT2D eigenvalue weighted by atomic mass is 9.92. The van der Waals surface area contributed by atoms with Gasteiger partial charge in [0.15, 0.2) is 0 Å². The maximum absolute atomic E-state index is 13.9. The predicted octanol–water partition coefficient (Wildman–Crippen LogP) is 7.39. The van der Waals surface area contributed by atoms with E-state index in [-0.39, 0.29) is 11.5 Å². The summed E-state index contributed by atoms with van der Waals surface area (Å²) < 4.78 is 57.1. The third kappa shape index (κ3) is 9.18. The molecule has 37 heavy (non-hydrogen) atoms. The quantitative estimate of drug-likeness (QED) is 0.170. The second-order valence-electron chi connectivity index (χ2n) is 9.08. The normalized spacial score (nSPS) is 14.0. The highest BCUT2D eigenvalue weighted by Crippen LogP contribution is 2.43. The van der Waals surface area contributed by atoms with E-state index in [4.69, 9.17) is 14.2 Å². The molecule has 0 aromatic heterocycles. The molecule has 2 atom stereocenters. The fourth-order valence-corrected chi connectivity index (χ4v) is 4.13. The van der Waals surface area contributed by atoms with Gasteiger partial charge in [0, 0.05) is 12.7 Å². The first kappa shape index (κ1) is 30.4. The van der Waals surface area contributed by atoms with E-state index >= 15 is 0 Å². The van der Waals surface area contributed by atoms with E-state index in [9.17, 15) is 22.8 Å². The van der Waals surface area contributed by atoms with E-state index < -0.39 is 23.9 Å². The van der Waals surface area contributed by atoms with Crippen molar-refractivity contribution in [2.75, 3.05) is 13.7 Å². The van der Waals surface area contributed by atoms with Gasteiger partial charge in [0.1, 0.15) is 0 Å². The molecule has 0 N–H and O–H groups in total. The molecule has 5 nitrogen and oxygen atoms in total. The summed E-state index contributed by atoms with van der Waals surface area (Å²) in [5.74, 6) is -1.75. The molecule has 2 rings (SSSR count). The van der Waals surface area contributed by atoms with E-state index in [1.165, 1.54) is 24.3 Å². The van der Waals surface area contributed by atoms with Gasteiger partial charge in [-0.25, -0.2) is 9.59 Å². The number of alkyl halides is 3. The SMILES string of the molecule is CO[C@@](C(=O)OC(C)CCCCCCCCCCOC(=O)c1ccccc1)(c1ccccc1)C(F)(F)F. The Hall–Kier alpha value is -2.87. The Morgan fingerprint density at radius 1 is 0.784 bits per heavy atom. The maximum Gasteiger partial charge on any atom is 0.432 e. The number of rotatable bonds is 16. The lowest BCUT2D eigenvalue weighted by Crippen LogP contribution is -2.52. The average Bonchev–Trinajstić information content (AvgIpc) is 2.88. The Kier molecular flexibility index (Phi) is 12.6. The molecule has 0 amide bonds. The zero-order valence-corrected chi connectivity index (χ0v) is 21.6. The van der Waals surface area contributed by atoms with Crippen LogP contribution in [0.3, 0.4) is 0 Å². The first-order valence-corrected chi connectivity index (χ1v) is 12.8. The van der Waals surface area contributed by atoms with Crippen molar-refractivity contribution in [3.63, 3.8) is 0 Å². The van der Waals surface area contributed by atoms with E-state index in [0.29, 0.717) is 18.6 Å². The second-order valence-corrected chi connectivity index (χ2v) is 9.08. The highest BCUT2D eigenvalue weighted by atomic mass is 19.4. The minimum atomic E-state index is -4.97. The molecule has 2 aromatic rings. The Labute approximate surface area is 217 Å². The Bertz CT molecular complexity index is 934. The zero-order valence-electron chi connectivity index (χ0n) is 21.6. The smallest absolute Gasteiger partial charge is 0.432 e. The number of halogens is 3. The summed E-state index contributed by atoms with van der Waals surface area (Å²) in [6.07, 6.45) is 2.47. The summed E-state index contributed by atoms with van der Waals surface area (Å²) in [6.45, 7) is 2.01. The standard InChI is InChI=1S/C29H37F3O5/c1-23(37-27(34)28(35-2,29(30,31)32)25-20-14-10-15-21-25)17-11-7-5-3-4-6-8-16-22-36-26(33)24-18-12-9-13-19-24/h9-10,12-15,18-21,23H,3-8,11,16-17,22H2,1-2H3/t23?,28-/m1/s1. The van der Waals surface area contributed by atoms with Gasteiger partial charge in [-0.2, -0.15) is 13.2 Å². The fourth-order valence-electron chi connectivity index (χ4n) is 4.13. The van der Waals surface area contributed by atoms with Crippen LogP contribution in [0.5, 0.6) is 0 Å². The molecule has 2 aromatic carbocycles. The van der Waals surface area contributed by atoms with Gasteiger partial charge in [-0.15, -0.1) is 0 Å². The van der Waals surface area contributed by atoms with Crippen molar-refractivity contribution in [3.05, 3.63) is 71.8 Å². The van der Waals surface area contributed by atoms with E-state index in [0.717, 1.165) is 58.5 Å². The number of carbonyl (C=O) groups excluding carboxylic acids is 2. The van der Waals surface area contributed by atoms with Crippen molar-refractivity contribution >= 4 is 11.9 Å². The van der Waals surface area contributed by atoms with E-state index in [1.54, 1.807) is 37.3 Å². The van der Waals surface area contributed by atoms with Crippen molar-refractivity contribution in [1.29, 1.82) is 0 Å². The average molecular weight is 523 g/mol. The number of benzene rings is 2. The van der Waals surface area contributed by atoms with Crippen LogP contribution in [0, 0.1) is 0 Å². The number of ether oxygens (including phenoxy) is 3. The van der Waals surface area contributed by atoms with Crippen molar-refractivity contribution in [3.8, 4) is 0 Å². The highest BCUT2D eigenvalue weighted by molar-refractivity contribution is 5.89. The van der Waals surface area contributed by atoms with Crippen LogP contribution in [0.1, 0.15) is 80.6 Å². The summed E-state index contributed by atoms with van der Waals surface area (Å²) in [5, 5.41) is 0.